The van der Waals surface area contributed by atoms with Gasteiger partial charge in [-0.3, -0.25) is 4.79 Å². The molecule has 1 aliphatic heterocycles. The number of carbonyl (C=O) groups excluding carboxylic acids is 3. The molecule has 3 aromatic carbocycles. The van der Waals surface area contributed by atoms with Crippen molar-refractivity contribution in [2.24, 2.45) is 0 Å². The summed E-state index contributed by atoms with van der Waals surface area (Å²) in [6.45, 7) is 0. The Bertz CT molecular complexity index is 1080. The summed E-state index contributed by atoms with van der Waals surface area (Å²) in [6, 6.07) is 22.5. The fourth-order valence-corrected chi connectivity index (χ4v) is 3.15. The number of hydrogen-bond donors (Lipinski definition) is 3. The Morgan fingerprint density at radius 2 is 1.30 bits per heavy atom. The van der Waals surface area contributed by atoms with Gasteiger partial charge in [-0.1, -0.05) is 36.4 Å². The molecule has 0 aromatic heterocycles. The van der Waals surface area contributed by atoms with Gasteiger partial charge in [0.15, 0.2) is 6.10 Å². The molecule has 0 spiro atoms. The van der Waals surface area contributed by atoms with E-state index < -0.39 is 18.0 Å². The zero-order valence-electron chi connectivity index (χ0n) is 15.9. The highest BCUT2D eigenvalue weighted by atomic mass is 16.5. The van der Waals surface area contributed by atoms with Gasteiger partial charge in [-0.05, 0) is 48.0 Å². The molecule has 150 valence electrons. The number of nitrogens with one attached hydrogen (secondary N) is 3. The van der Waals surface area contributed by atoms with Crippen LogP contribution >= 0.6 is 0 Å². The lowest BCUT2D eigenvalue weighted by Gasteiger charge is -2.23. The number of ether oxygens (including phenoxy) is 1. The van der Waals surface area contributed by atoms with Crippen LogP contribution in [0.25, 0.3) is 0 Å². The summed E-state index contributed by atoms with van der Waals surface area (Å²) in [7, 11) is 0. The van der Waals surface area contributed by atoms with Crippen molar-refractivity contribution < 1.29 is 19.1 Å². The number of cyclic esters (lactones) is 1. The molecule has 0 saturated heterocycles. The van der Waals surface area contributed by atoms with Gasteiger partial charge in [0, 0.05) is 23.5 Å². The highest BCUT2D eigenvalue weighted by molar-refractivity contribution is 6.01. The lowest BCUT2D eigenvalue weighted by atomic mass is 9.98. The molecule has 0 bridgehead atoms. The summed E-state index contributed by atoms with van der Waals surface area (Å²) < 4.78 is 5.26. The lowest BCUT2D eigenvalue weighted by Crippen LogP contribution is -2.37. The van der Waals surface area contributed by atoms with E-state index in [0.29, 0.717) is 29.0 Å². The minimum atomic E-state index is -0.887. The summed E-state index contributed by atoms with van der Waals surface area (Å²) in [4.78, 5) is 36.6. The van der Waals surface area contributed by atoms with Crippen LogP contribution in [0.3, 0.4) is 0 Å². The number of carbonyl (C=O) groups is 3. The van der Waals surface area contributed by atoms with Gasteiger partial charge < -0.3 is 20.7 Å². The molecule has 30 heavy (non-hydrogen) atoms. The van der Waals surface area contributed by atoms with Crippen molar-refractivity contribution in [3.05, 3.63) is 90.0 Å². The number of hydrogen-bond acceptors (Lipinski definition) is 4. The van der Waals surface area contributed by atoms with E-state index in [2.05, 4.69) is 16.0 Å². The van der Waals surface area contributed by atoms with Crippen LogP contribution in [0, 0.1) is 0 Å². The standard InChI is InChI=1S/C23H19N3O4/c27-21(20-14-15-6-4-5-9-19(15)22(28)30-20)24-17-10-12-18(13-11-17)26-23(29)25-16-7-2-1-3-8-16/h1-13,20H,14H2,(H,24,27)(H2,25,26,29). The van der Waals surface area contributed by atoms with Crippen molar-refractivity contribution in [2.75, 3.05) is 16.0 Å². The van der Waals surface area contributed by atoms with Gasteiger partial charge in [-0.2, -0.15) is 0 Å². The Morgan fingerprint density at radius 3 is 2.00 bits per heavy atom. The SMILES string of the molecule is O=C(Nc1ccccc1)Nc1ccc(NC(=O)C2Cc3ccccc3C(=O)O2)cc1. The Kier molecular flexibility index (Phi) is 5.43. The van der Waals surface area contributed by atoms with Crippen molar-refractivity contribution in [2.45, 2.75) is 12.5 Å². The molecule has 7 heteroatoms. The molecule has 0 aliphatic carbocycles. The first-order valence-electron chi connectivity index (χ1n) is 9.41. The van der Waals surface area contributed by atoms with Crippen molar-refractivity contribution in [1.82, 2.24) is 0 Å². The van der Waals surface area contributed by atoms with Crippen LogP contribution < -0.4 is 16.0 Å². The molecule has 1 aliphatic rings. The van der Waals surface area contributed by atoms with E-state index in [9.17, 15) is 14.4 Å². The number of amides is 3. The number of para-hydroxylation sites is 1. The van der Waals surface area contributed by atoms with E-state index in [0.717, 1.165) is 5.56 Å². The lowest BCUT2D eigenvalue weighted by molar-refractivity contribution is -0.125. The summed E-state index contributed by atoms with van der Waals surface area (Å²) >= 11 is 0. The maximum Gasteiger partial charge on any atom is 0.339 e. The molecule has 1 unspecified atom stereocenters. The van der Waals surface area contributed by atoms with Crippen LogP contribution in [0.1, 0.15) is 15.9 Å². The molecular weight excluding hydrogens is 382 g/mol. The molecule has 3 N–H and O–H groups in total. The van der Waals surface area contributed by atoms with Crippen LogP contribution in [-0.4, -0.2) is 24.0 Å². The van der Waals surface area contributed by atoms with E-state index in [1.54, 1.807) is 48.5 Å². The second-order valence-corrected chi connectivity index (χ2v) is 6.77. The maximum atomic E-state index is 12.5. The molecule has 3 amide bonds. The summed E-state index contributed by atoms with van der Waals surface area (Å²) in [6.07, 6.45) is -0.561. The van der Waals surface area contributed by atoms with Crippen LogP contribution in [-0.2, 0) is 16.0 Å². The predicted octanol–water partition coefficient (Wildman–Crippen LogP) is 4.05. The van der Waals surface area contributed by atoms with E-state index in [-0.39, 0.29) is 6.03 Å². The Hall–Kier alpha value is -4.13. The third kappa shape index (κ3) is 4.47. The molecule has 1 heterocycles. The Morgan fingerprint density at radius 1 is 0.733 bits per heavy atom. The second-order valence-electron chi connectivity index (χ2n) is 6.77. The molecule has 1 atom stereocenters. The zero-order chi connectivity index (χ0) is 20.9. The fraction of sp³-hybridized carbons (Fsp3) is 0.0870. The third-order valence-corrected chi connectivity index (χ3v) is 4.63. The number of anilines is 3. The van der Waals surface area contributed by atoms with Gasteiger partial charge in [0.2, 0.25) is 0 Å². The predicted molar refractivity (Wildman–Crippen MR) is 114 cm³/mol. The molecule has 4 rings (SSSR count). The van der Waals surface area contributed by atoms with Gasteiger partial charge >= 0.3 is 12.0 Å². The average Bonchev–Trinajstić information content (AvgIpc) is 2.76. The topological polar surface area (TPSA) is 96.5 Å². The van der Waals surface area contributed by atoms with Gasteiger partial charge in [-0.25, -0.2) is 9.59 Å². The maximum absolute atomic E-state index is 12.5. The molecule has 0 saturated carbocycles. The third-order valence-electron chi connectivity index (χ3n) is 4.63. The minimum Gasteiger partial charge on any atom is -0.448 e. The first kappa shape index (κ1) is 19.2. The molecule has 0 fully saturated rings. The fourth-order valence-electron chi connectivity index (χ4n) is 3.15. The Labute approximate surface area is 173 Å². The first-order valence-corrected chi connectivity index (χ1v) is 9.41. The van der Waals surface area contributed by atoms with E-state index in [1.807, 2.05) is 30.3 Å². The number of esters is 1. The zero-order valence-corrected chi connectivity index (χ0v) is 15.9. The van der Waals surface area contributed by atoms with E-state index in [4.69, 9.17) is 4.74 Å². The smallest absolute Gasteiger partial charge is 0.339 e. The van der Waals surface area contributed by atoms with E-state index in [1.165, 1.54) is 0 Å². The van der Waals surface area contributed by atoms with Gasteiger partial charge in [0.05, 0.1) is 5.56 Å². The summed E-state index contributed by atoms with van der Waals surface area (Å²) in [5.41, 5.74) is 3.06. The molecule has 7 nitrogen and oxygen atoms in total. The Balaban J connectivity index is 1.34. The van der Waals surface area contributed by atoms with E-state index >= 15 is 0 Å². The monoisotopic (exact) mass is 401 g/mol. The molecule has 3 aromatic rings. The average molecular weight is 401 g/mol. The van der Waals surface area contributed by atoms with Crippen LogP contribution in [0.4, 0.5) is 21.9 Å². The van der Waals surface area contributed by atoms with Crippen LogP contribution in [0.5, 0.6) is 0 Å². The van der Waals surface area contributed by atoms with Crippen molar-refractivity contribution in [3.8, 4) is 0 Å². The quantitative estimate of drug-likeness (QED) is 0.575. The first-order chi connectivity index (χ1) is 14.6. The second kappa shape index (κ2) is 8.48. The van der Waals surface area contributed by atoms with Crippen LogP contribution in [0.2, 0.25) is 0 Å². The largest absolute Gasteiger partial charge is 0.448 e. The normalized spacial score (nSPS) is 14.8. The highest BCUT2D eigenvalue weighted by Gasteiger charge is 2.31. The molecular formula is C23H19N3O4. The number of benzene rings is 3. The van der Waals surface area contributed by atoms with Gasteiger partial charge in [0.1, 0.15) is 0 Å². The van der Waals surface area contributed by atoms with Crippen molar-refractivity contribution in [1.29, 1.82) is 0 Å². The summed E-state index contributed by atoms with van der Waals surface area (Å²) in [5.74, 6) is -0.902. The van der Waals surface area contributed by atoms with Gasteiger partial charge in [-0.15, -0.1) is 0 Å². The van der Waals surface area contributed by atoms with Crippen molar-refractivity contribution in [3.63, 3.8) is 0 Å². The van der Waals surface area contributed by atoms with Crippen molar-refractivity contribution >= 4 is 35.0 Å². The number of rotatable bonds is 4. The van der Waals surface area contributed by atoms with Gasteiger partial charge in [0.25, 0.3) is 5.91 Å². The number of urea groups is 1. The molecule has 0 radical (unpaired) electrons. The highest BCUT2D eigenvalue weighted by Crippen LogP contribution is 2.22. The summed E-state index contributed by atoms with van der Waals surface area (Å²) in [5, 5.41) is 8.18. The van der Waals surface area contributed by atoms with Crippen LogP contribution in [0.15, 0.2) is 78.9 Å². The minimum absolute atomic E-state index is 0.326. The number of fused-ring (bicyclic) bond motifs is 1.